The summed E-state index contributed by atoms with van der Waals surface area (Å²) in [5.41, 5.74) is -0.604. The standard InChI is InChI=1S/C8H5ClF2INO2/c9-2-3-1-4(8(14)15)5(12)6(13-3)7(10)11/h1,7H,2H2,(H,14,15). The molecule has 1 aromatic heterocycles. The van der Waals surface area contributed by atoms with Gasteiger partial charge in [-0.25, -0.2) is 18.6 Å². The number of carboxylic acid groups (broad SMARTS) is 1. The Kier molecular flexibility index (Phi) is 4.21. The van der Waals surface area contributed by atoms with Gasteiger partial charge in [0, 0.05) is 0 Å². The van der Waals surface area contributed by atoms with Crippen molar-refractivity contribution in [2.24, 2.45) is 0 Å². The van der Waals surface area contributed by atoms with Gasteiger partial charge in [-0.3, -0.25) is 0 Å². The van der Waals surface area contributed by atoms with Gasteiger partial charge in [-0.2, -0.15) is 0 Å². The lowest BCUT2D eigenvalue weighted by molar-refractivity contribution is 0.0694. The lowest BCUT2D eigenvalue weighted by Crippen LogP contribution is -2.07. The third-order valence-corrected chi connectivity index (χ3v) is 3.02. The highest BCUT2D eigenvalue weighted by molar-refractivity contribution is 14.1. The van der Waals surface area contributed by atoms with Crippen LogP contribution in [0.4, 0.5) is 8.78 Å². The quantitative estimate of drug-likeness (QED) is 0.675. The van der Waals surface area contributed by atoms with Gasteiger partial charge in [0.1, 0.15) is 5.69 Å². The minimum Gasteiger partial charge on any atom is -0.478 e. The van der Waals surface area contributed by atoms with Crippen LogP contribution in [0, 0.1) is 3.57 Å². The summed E-state index contributed by atoms with van der Waals surface area (Å²) in [5, 5.41) is 8.77. The summed E-state index contributed by atoms with van der Waals surface area (Å²) in [6.07, 6.45) is -2.81. The molecule has 0 aliphatic heterocycles. The number of alkyl halides is 3. The molecule has 0 saturated carbocycles. The van der Waals surface area contributed by atoms with E-state index in [-0.39, 0.29) is 20.7 Å². The molecule has 82 valence electrons. The minimum absolute atomic E-state index is 0.0519. The van der Waals surface area contributed by atoms with E-state index in [2.05, 4.69) is 4.98 Å². The first kappa shape index (κ1) is 12.6. The van der Waals surface area contributed by atoms with Crippen molar-refractivity contribution < 1.29 is 18.7 Å². The number of pyridine rings is 1. The van der Waals surface area contributed by atoms with Crippen LogP contribution >= 0.6 is 34.2 Å². The summed E-state index contributed by atoms with van der Waals surface area (Å²) >= 11 is 6.97. The fourth-order valence-electron chi connectivity index (χ4n) is 0.973. The number of halogens is 4. The number of hydrogen-bond donors (Lipinski definition) is 1. The summed E-state index contributed by atoms with van der Waals surface area (Å²) in [6, 6.07) is 1.20. The van der Waals surface area contributed by atoms with Crippen molar-refractivity contribution in [3.8, 4) is 0 Å². The number of carboxylic acids is 1. The van der Waals surface area contributed by atoms with Crippen LogP contribution < -0.4 is 0 Å². The summed E-state index contributed by atoms with van der Waals surface area (Å²) in [4.78, 5) is 14.3. The molecule has 0 aliphatic rings. The van der Waals surface area contributed by atoms with Crippen molar-refractivity contribution in [1.29, 1.82) is 0 Å². The van der Waals surface area contributed by atoms with Gasteiger partial charge >= 0.3 is 5.97 Å². The van der Waals surface area contributed by atoms with E-state index in [0.717, 1.165) is 0 Å². The van der Waals surface area contributed by atoms with Crippen molar-refractivity contribution >= 4 is 40.2 Å². The van der Waals surface area contributed by atoms with Gasteiger partial charge < -0.3 is 5.11 Å². The molecule has 1 rings (SSSR count). The van der Waals surface area contributed by atoms with E-state index in [1.807, 2.05) is 0 Å². The lowest BCUT2D eigenvalue weighted by Gasteiger charge is -2.07. The molecule has 0 bridgehead atoms. The largest absolute Gasteiger partial charge is 0.478 e. The van der Waals surface area contributed by atoms with E-state index in [1.165, 1.54) is 28.7 Å². The highest BCUT2D eigenvalue weighted by Gasteiger charge is 2.21. The zero-order valence-electron chi connectivity index (χ0n) is 7.18. The maximum absolute atomic E-state index is 12.5. The van der Waals surface area contributed by atoms with Crippen molar-refractivity contribution in [2.75, 3.05) is 0 Å². The predicted molar refractivity (Wildman–Crippen MR) is 58.4 cm³/mol. The van der Waals surface area contributed by atoms with Gasteiger partial charge in [0.2, 0.25) is 0 Å². The molecule has 0 aromatic carbocycles. The van der Waals surface area contributed by atoms with Gasteiger partial charge in [-0.15, -0.1) is 11.6 Å². The Bertz CT molecular complexity index is 400. The number of hydrogen-bond acceptors (Lipinski definition) is 2. The third kappa shape index (κ3) is 2.75. The molecule has 0 unspecified atom stereocenters. The van der Waals surface area contributed by atoms with Crippen LogP contribution in [0.3, 0.4) is 0 Å². The summed E-state index contributed by atoms with van der Waals surface area (Å²) in [7, 11) is 0. The molecule has 15 heavy (non-hydrogen) atoms. The number of carbonyl (C=O) groups is 1. The van der Waals surface area contributed by atoms with Crippen LogP contribution in [0.2, 0.25) is 0 Å². The van der Waals surface area contributed by atoms with Crippen LogP contribution in [-0.4, -0.2) is 16.1 Å². The molecule has 0 amide bonds. The second-order valence-corrected chi connectivity index (χ2v) is 3.95. The molecular formula is C8H5ClF2INO2. The predicted octanol–water partition coefficient (Wildman–Crippen LogP) is 3.06. The van der Waals surface area contributed by atoms with E-state index in [0.29, 0.717) is 0 Å². The van der Waals surface area contributed by atoms with Crippen LogP contribution in [0.25, 0.3) is 0 Å². The Morgan fingerprint density at radius 3 is 2.67 bits per heavy atom. The van der Waals surface area contributed by atoms with Crippen LogP contribution in [0.5, 0.6) is 0 Å². The van der Waals surface area contributed by atoms with E-state index in [1.54, 1.807) is 0 Å². The first-order chi connectivity index (χ1) is 6.97. The first-order valence-electron chi connectivity index (χ1n) is 3.74. The Balaban J connectivity index is 3.40. The van der Waals surface area contributed by atoms with Crippen LogP contribution in [-0.2, 0) is 5.88 Å². The monoisotopic (exact) mass is 347 g/mol. The first-order valence-corrected chi connectivity index (χ1v) is 5.35. The molecule has 7 heteroatoms. The normalized spacial score (nSPS) is 10.7. The molecule has 3 nitrogen and oxygen atoms in total. The van der Waals surface area contributed by atoms with E-state index >= 15 is 0 Å². The Morgan fingerprint density at radius 1 is 1.67 bits per heavy atom. The van der Waals surface area contributed by atoms with Crippen molar-refractivity contribution in [3.63, 3.8) is 0 Å². The molecule has 1 aromatic rings. The molecule has 0 radical (unpaired) electrons. The van der Waals surface area contributed by atoms with Gasteiger partial charge in [-0.05, 0) is 28.7 Å². The number of aromatic nitrogens is 1. The molecule has 0 aliphatic carbocycles. The second-order valence-electron chi connectivity index (χ2n) is 2.60. The Morgan fingerprint density at radius 2 is 2.27 bits per heavy atom. The number of aromatic carboxylic acids is 1. The van der Waals surface area contributed by atoms with E-state index < -0.39 is 18.1 Å². The van der Waals surface area contributed by atoms with Crippen molar-refractivity contribution in [3.05, 3.63) is 26.6 Å². The fraction of sp³-hybridized carbons (Fsp3) is 0.250. The molecule has 0 saturated heterocycles. The Labute approximate surface area is 103 Å². The lowest BCUT2D eigenvalue weighted by atomic mass is 10.2. The highest BCUT2D eigenvalue weighted by Crippen LogP contribution is 2.26. The second kappa shape index (κ2) is 5.02. The molecular weight excluding hydrogens is 342 g/mol. The fourth-order valence-corrected chi connectivity index (χ4v) is 1.85. The summed E-state index contributed by atoms with van der Waals surface area (Å²) in [6.45, 7) is 0. The van der Waals surface area contributed by atoms with Crippen molar-refractivity contribution in [2.45, 2.75) is 12.3 Å². The van der Waals surface area contributed by atoms with Gasteiger partial charge in [0.15, 0.2) is 0 Å². The van der Waals surface area contributed by atoms with E-state index in [9.17, 15) is 13.6 Å². The summed E-state index contributed by atoms with van der Waals surface area (Å²) < 4.78 is 24.9. The SMILES string of the molecule is O=C(O)c1cc(CCl)nc(C(F)F)c1I. The van der Waals surface area contributed by atoms with Crippen LogP contribution in [0.15, 0.2) is 6.07 Å². The van der Waals surface area contributed by atoms with Gasteiger partial charge in [0.05, 0.1) is 20.7 Å². The number of nitrogens with zero attached hydrogens (tertiary/aromatic N) is 1. The molecule has 1 heterocycles. The van der Waals surface area contributed by atoms with Gasteiger partial charge in [-0.1, -0.05) is 0 Å². The maximum Gasteiger partial charge on any atom is 0.336 e. The topological polar surface area (TPSA) is 50.2 Å². The summed E-state index contributed by atoms with van der Waals surface area (Å²) in [5.74, 6) is -1.37. The zero-order valence-corrected chi connectivity index (χ0v) is 10.1. The maximum atomic E-state index is 12.5. The van der Waals surface area contributed by atoms with E-state index in [4.69, 9.17) is 16.7 Å². The molecule has 0 atom stereocenters. The average Bonchev–Trinajstić information content (AvgIpc) is 2.17. The van der Waals surface area contributed by atoms with Gasteiger partial charge in [0.25, 0.3) is 6.43 Å². The molecule has 0 spiro atoms. The highest BCUT2D eigenvalue weighted by atomic mass is 127. The van der Waals surface area contributed by atoms with Crippen molar-refractivity contribution in [1.82, 2.24) is 4.98 Å². The average molecular weight is 347 g/mol. The zero-order chi connectivity index (χ0) is 11.6. The Hall–Kier alpha value is -0.500. The third-order valence-electron chi connectivity index (χ3n) is 1.61. The molecule has 0 fully saturated rings. The minimum atomic E-state index is -2.81. The molecule has 1 N–H and O–H groups in total. The smallest absolute Gasteiger partial charge is 0.336 e. The van der Waals surface area contributed by atoms with Crippen LogP contribution in [0.1, 0.15) is 28.2 Å². The number of rotatable bonds is 3.